The van der Waals surface area contributed by atoms with Crippen molar-refractivity contribution >= 4 is 5.91 Å². The number of amides is 1. The van der Waals surface area contributed by atoms with Crippen LogP contribution in [0.3, 0.4) is 0 Å². The van der Waals surface area contributed by atoms with Crippen molar-refractivity contribution in [2.24, 2.45) is 0 Å². The van der Waals surface area contributed by atoms with Crippen LogP contribution in [0.5, 0.6) is 17.2 Å². The molecule has 6 nitrogen and oxygen atoms in total. The van der Waals surface area contributed by atoms with Crippen LogP contribution in [0, 0.1) is 0 Å². The summed E-state index contributed by atoms with van der Waals surface area (Å²) < 4.78 is 16.3. The predicted octanol–water partition coefficient (Wildman–Crippen LogP) is 0.558. The van der Waals surface area contributed by atoms with Gasteiger partial charge in [-0.2, -0.15) is 0 Å². The lowest BCUT2D eigenvalue weighted by molar-refractivity contribution is 0.0938. The Kier molecular flexibility index (Phi) is 3.64. The summed E-state index contributed by atoms with van der Waals surface area (Å²) in [4.78, 5) is 12.3. The van der Waals surface area contributed by atoms with Gasteiger partial charge in [-0.25, -0.2) is 0 Å². The van der Waals surface area contributed by atoms with E-state index in [1.54, 1.807) is 19.2 Å². The van der Waals surface area contributed by atoms with Crippen molar-refractivity contribution in [2.45, 2.75) is 12.5 Å². The molecule has 2 aliphatic heterocycles. The fourth-order valence-electron chi connectivity index (χ4n) is 2.45. The number of fused-ring (bicyclic) bond motifs is 1. The van der Waals surface area contributed by atoms with E-state index in [2.05, 4.69) is 10.6 Å². The molecule has 2 heterocycles. The molecule has 0 aliphatic carbocycles. The van der Waals surface area contributed by atoms with Gasteiger partial charge in [0.15, 0.2) is 11.5 Å². The molecule has 1 atom stereocenters. The van der Waals surface area contributed by atoms with Crippen molar-refractivity contribution < 1.29 is 19.0 Å². The number of nitrogens with one attached hydrogen (secondary N) is 2. The van der Waals surface area contributed by atoms with Crippen molar-refractivity contribution in [1.29, 1.82) is 0 Å². The minimum atomic E-state index is -0.117. The molecule has 1 aromatic rings. The van der Waals surface area contributed by atoms with E-state index >= 15 is 0 Å². The molecule has 0 radical (unpaired) electrons. The van der Waals surface area contributed by atoms with Crippen LogP contribution in [0.15, 0.2) is 12.1 Å². The van der Waals surface area contributed by atoms with Gasteiger partial charge in [-0.15, -0.1) is 0 Å². The first-order chi connectivity index (χ1) is 9.78. The van der Waals surface area contributed by atoms with Crippen molar-refractivity contribution in [2.75, 3.05) is 33.4 Å². The molecular weight excluding hydrogens is 260 g/mol. The van der Waals surface area contributed by atoms with E-state index in [4.69, 9.17) is 14.2 Å². The van der Waals surface area contributed by atoms with Gasteiger partial charge in [-0.3, -0.25) is 4.79 Å². The van der Waals surface area contributed by atoms with Crippen LogP contribution < -0.4 is 24.8 Å². The summed E-state index contributed by atoms with van der Waals surface area (Å²) in [7, 11) is 1.55. The van der Waals surface area contributed by atoms with Gasteiger partial charge < -0.3 is 24.8 Å². The normalized spacial score (nSPS) is 20.6. The molecule has 1 aromatic carbocycles. The average molecular weight is 278 g/mol. The van der Waals surface area contributed by atoms with Crippen molar-refractivity contribution in [3.05, 3.63) is 17.7 Å². The molecule has 0 saturated carbocycles. The molecule has 0 bridgehead atoms. The summed E-state index contributed by atoms with van der Waals surface area (Å²) in [6.07, 6.45) is 0.952. The summed E-state index contributed by atoms with van der Waals surface area (Å²) in [5.41, 5.74) is 0.526. The Balaban J connectivity index is 1.83. The minimum absolute atomic E-state index is 0.117. The third-order valence-corrected chi connectivity index (χ3v) is 3.49. The number of rotatable bonds is 3. The highest BCUT2D eigenvalue weighted by atomic mass is 16.6. The van der Waals surface area contributed by atoms with E-state index < -0.39 is 0 Å². The number of benzene rings is 1. The lowest BCUT2D eigenvalue weighted by Gasteiger charge is -2.21. The lowest BCUT2D eigenvalue weighted by atomic mass is 10.1. The van der Waals surface area contributed by atoms with Gasteiger partial charge in [0.2, 0.25) is 5.75 Å². The van der Waals surface area contributed by atoms with E-state index in [1.165, 1.54) is 0 Å². The Bertz CT molecular complexity index is 495. The second-order valence-corrected chi connectivity index (χ2v) is 4.87. The summed E-state index contributed by atoms with van der Waals surface area (Å²) in [5.74, 6) is 1.54. The molecular formula is C14H18N2O4. The van der Waals surface area contributed by atoms with E-state index in [9.17, 15) is 4.79 Å². The molecule has 1 fully saturated rings. The van der Waals surface area contributed by atoms with Crippen molar-refractivity contribution in [3.63, 3.8) is 0 Å². The monoisotopic (exact) mass is 278 g/mol. The lowest BCUT2D eigenvalue weighted by Crippen LogP contribution is -2.36. The molecule has 1 saturated heterocycles. The number of carbonyl (C=O) groups is 1. The summed E-state index contributed by atoms with van der Waals surface area (Å²) in [6, 6.07) is 3.57. The van der Waals surface area contributed by atoms with Crippen LogP contribution in [0.4, 0.5) is 0 Å². The van der Waals surface area contributed by atoms with Gasteiger partial charge in [-0.05, 0) is 25.1 Å². The van der Waals surface area contributed by atoms with Crippen LogP contribution in [0.1, 0.15) is 16.8 Å². The molecule has 2 aliphatic rings. The van der Waals surface area contributed by atoms with E-state index in [-0.39, 0.29) is 11.9 Å². The number of carbonyl (C=O) groups excluding carboxylic acids is 1. The summed E-state index contributed by atoms with van der Waals surface area (Å²) in [6.45, 7) is 2.72. The van der Waals surface area contributed by atoms with E-state index in [0.717, 1.165) is 19.5 Å². The van der Waals surface area contributed by atoms with Crippen LogP contribution in [-0.4, -0.2) is 45.4 Å². The van der Waals surface area contributed by atoms with Gasteiger partial charge >= 0.3 is 0 Å². The fraction of sp³-hybridized carbons (Fsp3) is 0.500. The minimum Gasteiger partial charge on any atom is -0.493 e. The van der Waals surface area contributed by atoms with E-state index in [1.807, 2.05) is 0 Å². The van der Waals surface area contributed by atoms with Crippen LogP contribution in [-0.2, 0) is 0 Å². The topological polar surface area (TPSA) is 68.8 Å². The molecule has 0 spiro atoms. The van der Waals surface area contributed by atoms with Crippen molar-refractivity contribution in [1.82, 2.24) is 10.6 Å². The maximum Gasteiger partial charge on any atom is 0.251 e. The molecule has 1 amide bonds. The highest BCUT2D eigenvalue weighted by Crippen LogP contribution is 2.40. The fourth-order valence-corrected chi connectivity index (χ4v) is 2.45. The van der Waals surface area contributed by atoms with Gasteiger partial charge in [0.05, 0.1) is 7.11 Å². The van der Waals surface area contributed by atoms with Gasteiger partial charge in [-0.1, -0.05) is 0 Å². The SMILES string of the molecule is COc1cc(C(=O)NC2CCNC2)cc2c1OCCO2. The molecule has 3 rings (SSSR count). The molecule has 108 valence electrons. The van der Waals surface area contributed by atoms with Crippen LogP contribution >= 0.6 is 0 Å². The first-order valence-electron chi connectivity index (χ1n) is 6.77. The first kappa shape index (κ1) is 13.1. The standard InChI is InChI=1S/C14H18N2O4/c1-18-11-6-9(7-12-13(11)20-5-4-19-12)14(17)16-10-2-3-15-8-10/h6-7,10,15H,2-5,8H2,1H3,(H,16,17). The highest BCUT2D eigenvalue weighted by Gasteiger charge is 2.23. The Hall–Kier alpha value is -1.95. The quantitative estimate of drug-likeness (QED) is 0.845. The number of hydrogen-bond acceptors (Lipinski definition) is 5. The second-order valence-electron chi connectivity index (χ2n) is 4.87. The zero-order chi connectivity index (χ0) is 13.9. The molecule has 2 N–H and O–H groups in total. The van der Waals surface area contributed by atoms with Crippen LogP contribution in [0.2, 0.25) is 0 Å². The Morgan fingerprint density at radius 2 is 2.25 bits per heavy atom. The highest BCUT2D eigenvalue weighted by molar-refractivity contribution is 5.95. The van der Waals surface area contributed by atoms with Gasteiger partial charge in [0.1, 0.15) is 13.2 Å². The zero-order valence-electron chi connectivity index (χ0n) is 11.4. The zero-order valence-corrected chi connectivity index (χ0v) is 11.4. The smallest absolute Gasteiger partial charge is 0.251 e. The van der Waals surface area contributed by atoms with Gasteiger partial charge in [0, 0.05) is 18.2 Å². The molecule has 20 heavy (non-hydrogen) atoms. The summed E-state index contributed by atoms with van der Waals surface area (Å²) in [5, 5.41) is 6.22. The average Bonchev–Trinajstić information content (AvgIpc) is 2.99. The maximum atomic E-state index is 12.3. The number of ether oxygens (including phenoxy) is 3. The van der Waals surface area contributed by atoms with E-state index in [0.29, 0.717) is 36.0 Å². The summed E-state index contributed by atoms with van der Waals surface area (Å²) >= 11 is 0. The largest absolute Gasteiger partial charge is 0.493 e. The Morgan fingerprint density at radius 1 is 1.40 bits per heavy atom. The van der Waals surface area contributed by atoms with Crippen molar-refractivity contribution in [3.8, 4) is 17.2 Å². The molecule has 6 heteroatoms. The molecule has 0 aromatic heterocycles. The maximum absolute atomic E-state index is 12.3. The predicted molar refractivity (Wildman–Crippen MR) is 72.7 cm³/mol. The number of methoxy groups -OCH3 is 1. The molecule has 1 unspecified atom stereocenters. The van der Waals surface area contributed by atoms with Gasteiger partial charge in [0.25, 0.3) is 5.91 Å². The number of hydrogen-bond donors (Lipinski definition) is 2. The Labute approximate surface area is 117 Å². The Morgan fingerprint density at radius 3 is 3.00 bits per heavy atom. The second kappa shape index (κ2) is 5.58. The third kappa shape index (κ3) is 2.51. The first-order valence-corrected chi connectivity index (χ1v) is 6.77. The van der Waals surface area contributed by atoms with Crippen LogP contribution in [0.25, 0.3) is 0 Å². The third-order valence-electron chi connectivity index (χ3n) is 3.49.